The van der Waals surface area contributed by atoms with Gasteiger partial charge in [0.25, 0.3) is 5.91 Å². The van der Waals surface area contributed by atoms with Crippen molar-refractivity contribution in [2.24, 2.45) is 12.8 Å². The molecule has 3 rings (SSSR count). The number of nitrogens with two attached hydrogens (primary N) is 1. The fourth-order valence-electron chi connectivity index (χ4n) is 2.70. The van der Waals surface area contributed by atoms with Gasteiger partial charge in [-0.15, -0.1) is 11.3 Å². The maximum absolute atomic E-state index is 12.5. The first kappa shape index (κ1) is 17.4. The molecule has 0 aliphatic carbocycles. The van der Waals surface area contributed by atoms with E-state index in [2.05, 4.69) is 22.5 Å². The molecule has 0 fully saturated rings. The zero-order valence-corrected chi connectivity index (χ0v) is 15.0. The number of amides is 1. The van der Waals surface area contributed by atoms with E-state index in [1.54, 1.807) is 10.9 Å². The van der Waals surface area contributed by atoms with Gasteiger partial charge in [0, 0.05) is 25.8 Å². The standard InChI is InChI=1S/C19H22N4OS/c1-23-16(11-12-21-23)17-9-10-18(25-17)19(24)22-15(13-20)8-7-14-5-3-2-4-6-14/h2-6,9-12,15H,7-8,13,20H2,1H3,(H,22,24). The summed E-state index contributed by atoms with van der Waals surface area (Å²) in [4.78, 5) is 14.2. The molecule has 2 heterocycles. The average molecular weight is 354 g/mol. The number of hydrogen-bond donors (Lipinski definition) is 2. The summed E-state index contributed by atoms with van der Waals surface area (Å²) in [6.45, 7) is 0.429. The van der Waals surface area contributed by atoms with Crippen LogP contribution in [0.1, 0.15) is 21.7 Å². The van der Waals surface area contributed by atoms with Crippen LogP contribution in [-0.4, -0.2) is 28.3 Å². The number of rotatable bonds is 7. The number of hydrogen-bond acceptors (Lipinski definition) is 4. The molecule has 0 aliphatic heterocycles. The van der Waals surface area contributed by atoms with E-state index >= 15 is 0 Å². The second kappa shape index (κ2) is 8.09. The van der Waals surface area contributed by atoms with Crippen LogP contribution in [0.25, 0.3) is 10.6 Å². The van der Waals surface area contributed by atoms with Crippen molar-refractivity contribution in [2.75, 3.05) is 6.54 Å². The van der Waals surface area contributed by atoms with Crippen LogP contribution in [0, 0.1) is 0 Å². The maximum Gasteiger partial charge on any atom is 0.261 e. The second-order valence-electron chi connectivity index (χ2n) is 5.93. The van der Waals surface area contributed by atoms with Gasteiger partial charge in [-0.2, -0.15) is 5.10 Å². The lowest BCUT2D eigenvalue weighted by Crippen LogP contribution is -2.40. The molecule has 0 spiro atoms. The van der Waals surface area contributed by atoms with Gasteiger partial charge in [-0.25, -0.2) is 0 Å². The van der Waals surface area contributed by atoms with Gasteiger partial charge in [-0.1, -0.05) is 30.3 Å². The van der Waals surface area contributed by atoms with Crippen molar-refractivity contribution in [2.45, 2.75) is 18.9 Å². The summed E-state index contributed by atoms with van der Waals surface area (Å²) in [5, 5.41) is 7.22. The molecule has 0 aliphatic rings. The third-order valence-corrected chi connectivity index (χ3v) is 5.25. The minimum absolute atomic E-state index is 0.0324. The van der Waals surface area contributed by atoms with E-state index in [9.17, 15) is 4.79 Å². The molecule has 3 N–H and O–H groups in total. The number of nitrogens with zero attached hydrogens (tertiary/aromatic N) is 2. The number of thiophene rings is 1. The van der Waals surface area contributed by atoms with E-state index < -0.39 is 0 Å². The van der Waals surface area contributed by atoms with Crippen LogP contribution >= 0.6 is 11.3 Å². The average Bonchev–Trinajstić information content (AvgIpc) is 3.28. The molecule has 6 heteroatoms. The number of carbonyl (C=O) groups excluding carboxylic acids is 1. The minimum atomic E-state index is -0.0677. The summed E-state index contributed by atoms with van der Waals surface area (Å²) in [6, 6.07) is 16.0. The quantitative estimate of drug-likeness (QED) is 0.685. The molecule has 25 heavy (non-hydrogen) atoms. The number of aromatic nitrogens is 2. The lowest BCUT2D eigenvalue weighted by atomic mass is 10.1. The van der Waals surface area contributed by atoms with Crippen molar-refractivity contribution in [1.29, 1.82) is 0 Å². The van der Waals surface area contributed by atoms with Crippen LogP contribution in [-0.2, 0) is 13.5 Å². The van der Waals surface area contributed by atoms with Crippen molar-refractivity contribution < 1.29 is 4.79 Å². The van der Waals surface area contributed by atoms with Crippen LogP contribution in [0.15, 0.2) is 54.7 Å². The zero-order chi connectivity index (χ0) is 17.6. The highest BCUT2D eigenvalue weighted by Crippen LogP contribution is 2.27. The molecule has 1 unspecified atom stereocenters. The fraction of sp³-hybridized carbons (Fsp3) is 0.263. The van der Waals surface area contributed by atoms with E-state index in [0.717, 1.165) is 23.4 Å². The van der Waals surface area contributed by atoms with Gasteiger partial charge in [-0.3, -0.25) is 9.48 Å². The second-order valence-corrected chi connectivity index (χ2v) is 7.02. The third-order valence-electron chi connectivity index (χ3n) is 4.15. The van der Waals surface area contributed by atoms with E-state index in [4.69, 9.17) is 5.73 Å². The monoisotopic (exact) mass is 354 g/mol. The first-order chi connectivity index (χ1) is 12.2. The van der Waals surface area contributed by atoms with Crippen molar-refractivity contribution in [3.8, 4) is 10.6 Å². The predicted molar refractivity (Wildman–Crippen MR) is 102 cm³/mol. The lowest BCUT2D eigenvalue weighted by Gasteiger charge is -2.16. The molecule has 0 saturated heterocycles. The van der Waals surface area contributed by atoms with E-state index in [-0.39, 0.29) is 11.9 Å². The maximum atomic E-state index is 12.5. The Hall–Kier alpha value is -2.44. The van der Waals surface area contributed by atoms with Gasteiger partial charge in [0.1, 0.15) is 0 Å². The predicted octanol–water partition coefficient (Wildman–Crippen LogP) is 2.84. The van der Waals surface area contributed by atoms with Crippen LogP contribution in [0.5, 0.6) is 0 Å². The highest BCUT2D eigenvalue weighted by atomic mass is 32.1. The first-order valence-corrected chi connectivity index (χ1v) is 9.12. The van der Waals surface area contributed by atoms with Crippen molar-refractivity contribution in [1.82, 2.24) is 15.1 Å². The van der Waals surface area contributed by atoms with Gasteiger partial charge in [0.05, 0.1) is 15.4 Å². The van der Waals surface area contributed by atoms with Gasteiger partial charge in [0.15, 0.2) is 0 Å². The Morgan fingerprint density at radius 3 is 2.72 bits per heavy atom. The minimum Gasteiger partial charge on any atom is -0.347 e. The Kier molecular flexibility index (Phi) is 5.63. The van der Waals surface area contributed by atoms with Gasteiger partial charge >= 0.3 is 0 Å². The Morgan fingerprint density at radius 2 is 2.04 bits per heavy atom. The Balaban J connectivity index is 1.60. The van der Waals surface area contributed by atoms with Crippen molar-refractivity contribution in [3.05, 3.63) is 65.2 Å². The van der Waals surface area contributed by atoms with E-state index in [1.807, 2.05) is 43.4 Å². The SMILES string of the molecule is Cn1nccc1-c1ccc(C(=O)NC(CN)CCc2ccccc2)s1. The fourth-order valence-corrected chi connectivity index (χ4v) is 3.67. The molecular weight excluding hydrogens is 332 g/mol. The molecule has 2 aromatic heterocycles. The normalized spacial score (nSPS) is 12.1. The molecule has 3 aromatic rings. The third kappa shape index (κ3) is 4.35. The molecule has 5 nitrogen and oxygen atoms in total. The van der Waals surface area contributed by atoms with E-state index in [0.29, 0.717) is 11.4 Å². The van der Waals surface area contributed by atoms with Crippen LogP contribution in [0.4, 0.5) is 0 Å². The zero-order valence-electron chi connectivity index (χ0n) is 14.2. The van der Waals surface area contributed by atoms with E-state index in [1.165, 1.54) is 16.9 Å². The van der Waals surface area contributed by atoms with Gasteiger partial charge in [0.2, 0.25) is 0 Å². The summed E-state index contributed by atoms with van der Waals surface area (Å²) < 4.78 is 1.80. The van der Waals surface area contributed by atoms with Gasteiger partial charge < -0.3 is 11.1 Å². The van der Waals surface area contributed by atoms with Crippen LogP contribution < -0.4 is 11.1 Å². The molecular formula is C19H22N4OS. The number of benzene rings is 1. The van der Waals surface area contributed by atoms with Gasteiger partial charge in [-0.05, 0) is 36.6 Å². The highest BCUT2D eigenvalue weighted by Gasteiger charge is 2.15. The topological polar surface area (TPSA) is 72.9 Å². The van der Waals surface area contributed by atoms with Crippen LogP contribution in [0.2, 0.25) is 0 Å². The number of aryl methyl sites for hydroxylation is 2. The molecule has 1 aromatic carbocycles. The van der Waals surface area contributed by atoms with Crippen molar-refractivity contribution >= 4 is 17.2 Å². The Bertz CT molecular complexity index is 825. The largest absolute Gasteiger partial charge is 0.347 e. The van der Waals surface area contributed by atoms with Crippen LogP contribution in [0.3, 0.4) is 0 Å². The Labute approximate surface area is 151 Å². The summed E-state index contributed by atoms with van der Waals surface area (Å²) in [5.74, 6) is -0.0677. The summed E-state index contributed by atoms with van der Waals surface area (Å²) in [6.07, 6.45) is 3.47. The summed E-state index contributed by atoms with van der Waals surface area (Å²) in [5.41, 5.74) is 8.10. The number of nitrogens with one attached hydrogen (secondary N) is 1. The number of carbonyl (C=O) groups is 1. The van der Waals surface area contributed by atoms with Crippen molar-refractivity contribution in [3.63, 3.8) is 0 Å². The highest BCUT2D eigenvalue weighted by molar-refractivity contribution is 7.17. The Morgan fingerprint density at radius 1 is 1.24 bits per heavy atom. The summed E-state index contributed by atoms with van der Waals surface area (Å²) >= 11 is 1.47. The molecule has 1 amide bonds. The molecule has 1 atom stereocenters. The smallest absolute Gasteiger partial charge is 0.261 e. The molecule has 0 bridgehead atoms. The molecule has 130 valence electrons. The summed E-state index contributed by atoms with van der Waals surface area (Å²) in [7, 11) is 1.89. The first-order valence-electron chi connectivity index (χ1n) is 8.30. The molecule has 0 radical (unpaired) electrons. The lowest BCUT2D eigenvalue weighted by molar-refractivity contribution is 0.0940. The molecule has 0 saturated carbocycles.